The van der Waals surface area contributed by atoms with E-state index in [0.29, 0.717) is 16.1 Å². The molecule has 0 fully saturated rings. The van der Waals surface area contributed by atoms with Gasteiger partial charge in [0.15, 0.2) is 11.0 Å². The highest BCUT2D eigenvalue weighted by atomic mass is 35.5. The average molecular weight is 371 g/mol. The molecule has 0 saturated carbocycles. The van der Waals surface area contributed by atoms with E-state index in [-0.39, 0.29) is 0 Å². The predicted octanol–water partition coefficient (Wildman–Crippen LogP) is 5.02. The number of halogens is 2. The van der Waals surface area contributed by atoms with E-state index >= 15 is 0 Å². The number of hydrogen-bond acceptors (Lipinski definition) is 5. The molecule has 0 amide bonds. The Kier molecular flexibility index (Phi) is 5.03. The van der Waals surface area contributed by atoms with Crippen LogP contribution in [0.3, 0.4) is 0 Å². The van der Waals surface area contributed by atoms with Gasteiger partial charge in [0.25, 0.3) is 0 Å². The lowest BCUT2D eigenvalue weighted by Gasteiger charge is -2.06. The summed E-state index contributed by atoms with van der Waals surface area (Å²) in [7, 11) is 0. The van der Waals surface area contributed by atoms with Gasteiger partial charge in [0.1, 0.15) is 10.3 Å². The molecule has 4 nitrogen and oxygen atoms in total. The number of thioether (sulfide) groups is 1. The highest BCUT2D eigenvalue weighted by Gasteiger charge is 2.14. The first-order valence-electron chi connectivity index (χ1n) is 6.59. The van der Waals surface area contributed by atoms with Crippen LogP contribution >= 0.6 is 46.3 Å². The number of thiophene rings is 1. The Morgan fingerprint density at radius 2 is 2.00 bits per heavy atom. The van der Waals surface area contributed by atoms with Gasteiger partial charge in [0.05, 0.1) is 4.88 Å². The van der Waals surface area contributed by atoms with Crippen molar-refractivity contribution in [2.75, 3.05) is 0 Å². The molecule has 0 N–H and O–H groups in total. The van der Waals surface area contributed by atoms with E-state index in [1.54, 1.807) is 23.1 Å². The molecule has 3 heterocycles. The van der Waals surface area contributed by atoms with Crippen LogP contribution in [0.4, 0.5) is 0 Å². The van der Waals surface area contributed by atoms with E-state index in [9.17, 15) is 0 Å². The summed E-state index contributed by atoms with van der Waals surface area (Å²) in [6.07, 6.45) is 0. The van der Waals surface area contributed by atoms with E-state index in [2.05, 4.69) is 32.7 Å². The normalized spacial score (nSPS) is 11.0. The van der Waals surface area contributed by atoms with Crippen molar-refractivity contribution in [1.82, 2.24) is 19.7 Å². The van der Waals surface area contributed by atoms with Crippen LogP contribution in [0, 0.1) is 0 Å². The van der Waals surface area contributed by atoms with Crippen molar-refractivity contribution in [3.63, 3.8) is 0 Å². The topological polar surface area (TPSA) is 43.6 Å². The Balaban J connectivity index is 1.81. The maximum atomic E-state index is 5.93. The van der Waals surface area contributed by atoms with E-state index in [0.717, 1.165) is 28.0 Å². The zero-order valence-corrected chi connectivity index (χ0v) is 14.8. The van der Waals surface area contributed by atoms with Gasteiger partial charge in [-0.05, 0) is 36.1 Å². The van der Waals surface area contributed by atoms with Crippen LogP contribution in [-0.2, 0) is 12.3 Å². The number of aromatic nitrogens is 4. The van der Waals surface area contributed by atoms with Crippen LogP contribution < -0.4 is 0 Å². The molecule has 0 aliphatic rings. The Morgan fingerprint density at radius 1 is 1.23 bits per heavy atom. The van der Waals surface area contributed by atoms with Crippen molar-refractivity contribution in [2.24, 2.45) is 0 Å². The molecule has 0 aliphatic heterocycles. The Labute approximate surface area is 146 Å². The fourth-order valence-electron chi connectivity index (χ4n) is 2.01. The highest BCUT2D eigenvalue weighted by molar-refractivity contribution is 7.98. The number of hydrogen-bond donors (Lipinski definition) is 0. The highest BCUT2D eigenvalue weighted by Crippen LogP contribution is 2.29. The van der Waals surface area contributed by atoms with Crippen molar-refractivity contribution in [3.8, 4) is 10.7 Å². The summed E-state index contributed by atoms with van der Waals surface area (Å²) in [4.78, 5) is 5.07. The zero-order chi connectivity index (χ0) is 15.5. The standard InChI is InChI=1S/C14H12Cl2N4S2/c1-2-20-13(10-4-3-5-21-10)18-19-14(20)22-8-9-6-11(15)17-12(16)7-9/h3-7H,2,8H2,1H3. The van der Waals surface area contributed by atoms with Gasteiger partial charge in [-0.25, -0.2) is 4.98 Å². The zero-order valence-electron chi connectivity index (χ0n) is 11.7. The molecule has 0 spiro atoms. The third kappa shape index (κ3) is 3.46. The summed E-state index contributed by atoms with van der Waals surface area (Å²) in [5, 5.41) is 12.3. The van der Waals surface area contributed by atoms with E-state index in [4.69, 9.17) is 23.2 Å². The summed E-state index contributed by atoms with van der Waals surface area (Å²) in [5.74, 6) is 1.62. The molecule has 8 heteroatoms. The molecule has 114 valence electrons. The van der Waals surface area contributed by atoms with Gasteiger partial charge >= 0.3 is 0 Å². The summed E-state index contributed by atoms with van der Waals surface area (Å²) in [6.45, 7) is 2.91. The quantitative estimate of drug-likeness (QED) is 0.467. The second-order valence-electron chi connectivity index (χ2n) is 4.44. The first kappa shape index (κ1) is 15.8. The second-order valence-corrected chi connectivity index (χ2v) is 7.10. The molecule has 3 rings (SSSR count). The molecule has 0 atom stereocenters. The molecular weight excluding hydrogens is 359 g/mol. The molecular formula is C14H12Cl2N4S2. The van der Waals surface area contributed by atoms with Crippen molar-refractivity contribution in [2.45, 2.75) is 24.4 Å². The minimum atomic E-state index is 0.402. The first-order chi connectivity index (χ1) is 10.7. The van der Waals surface area contributed by atoms with Crippen LogP contribution in [0.5, 0.6) is 0 Å². The van der Waals surface area contributed by atoms with Gasteiger partial charge in [-0.2, -0.15) is 0 Å². The minimum absolute atomic E-state index is 0.402. The monoisotopic (exact) mass is 370 g/mol. The van der Waals surface area contributed by atoms with Gasteiger partial charge in [-0.3, -0.25) is 0 Å². The Bertz CT molecular complexity index is 751. The van der Waals surface area contributed by atoms with Gasteiger partial charge in [-0.1, -0.05) is 41.0 Å². The van der Waals surface area contributed by atoms with Crippen LogP contribution in [0.15, 0.2) is 34.8 Å². The van der Waals surface area contributed by atoms with Crippen molar-refractivity contribution < 1.29 is 0 Å². The molecule has 0 aliphatic carbocycles. The predicted molar refractivity (Wildman–Crippen MR) is 92.8 cm³/mol. The molecule has 3 aromatic rings. The van der Waals surface area contributed by atoms with Gasteiger partial charge in [0, 0.05) is 12.3 Å². The van der Waals surface area contributed by atoms with Gasteiger partial charge < -0.3 is 4.57 Å². The third-order valence-corrected chi connectivity index (χ3v) is 5.26. The number of nitrogens with zero attached hydrogens (tertiary/aromatic N) is 4. The maximum absolute atomic E-state index is 5.93. The molecule has 0 saturated heterocycles. The second kappa shape index (κ2) is 7.00. The Hall–Kier alpha value is -1.08. The summed E-state index contributed by atoms with van der Waals surface area (Å²) in [5.41, 5.74) is 1.01. The van der Waals surface area contributed by atoms with Crippen molar-refractivity contribution >= 4 is 46.3 Å². The van der Waals surface area contributed by atoms with Crippen molar-refractivity contribution in [3.05, 3.63) is 45.5 Å². The molecule has 0 bridgehead atoms. The fourth-order valence-corrected chi connectivity index (χ4v) is 4.17. The minimum Gasteiger partial charge on any atom is -0.302 e. The summed E-state index contributed by atoms with van der Waals surface area (Å²) >= 11 is 15.1. The largest absolute Gasteiger partial charge is 0.302 e. The van der Waals surface area contributed by atoms with E-state index < -0.39 is 0 Å². The summed E-state index contributed by atoms with van der Waals surface area (Å²) < 4.78 is 2.11. The number of rotatable bonds is 5. The van der Waals surface area contributed by atoms with E-state index in [1.807, 2.05) is 23.6 Å². The third-order valence-electron chi connectivity index (χ3n) is 2.97. The molecule has 0 unspecified atom stereocenters. The lowest BCUT2D eigenvalue weighted by atomic mass is 10.3. The molecule has 0 aromatic carbocycles. The lowest BCUT2D eigenvalue weighted by molar-refractivity contribution is 0.688. The molecule has 22 heavy (non-hydrogen) atoms. The smallest absolute Gasteiger partial charge is 0.191 e. The Morgan fingerprint density at radius 3 is 2.64 bits per heavy atom. The maximum Gasteiger partial charge on any atom is 0.191 e. The van der Waals surface area contributed by atoms with Crippen LogP contribution in [0.25, 0.3) is 10.7 Å². The average Bonchev–Trinajstić information content (AvgIpc) is 3.12. The van der Waals surface area contributed by atoms with Crippen LogP contribution in [-0.4, -0.2) is 19.7 Å². The lowest BCUT2D eigenvalue weighted by Crippen LogP contribution is -1.99. The van der Waals surface area contributed by atoms with Crippen LogP contribution in [0.2, 0.25) is 10.3 Å². The van der Waals surface area contributed by atoms with Gasteiger partial charge in [0.2, 0.25) is 0 Å². The first-order valence-corrected chi connectivity index (χ1v) is 9.21. The van der Waals surface area contributed by atoms with Crippen molar-refractivity contribution in [1.29, 1.82) is 0 Å². The fraction of sp³-hybridized carbons (Fsp3) is 0.214. The van der Waals surface area contributed by atoms with Gasteiger partial charge in [-0.15, -0.1) is 21.5 Å². The SMILES string of the molecule is CCn1c(SCc2cc(Cl)nc(Cl)c2)nnc1-c1cccs1. The molecule has 0 radical (unpaired) electrons. The van der Waals surface area contributed by atoms with Crippen LogP contribution in [0.1, 0.15) is 12.5 Å². The van der Waals surface area contributed by atoms with E-state index in [1.165, 1.54) is 0 Å². The number of pyridine rings is 1. The molecule has 3 aromatic heterocycles. The summed E-state index contributed by atoms with van der Waals surface area (Å²) in [6, 6.07) is 7.70.